The van der Waals surface area contributed by atoms with E-state index in [0.29, 0.717) is 33.2 Å². The lowest BCUT2D eigenvalue weighted by Crippen LogP contribution is -2.40. The Bertz CT molecular complexity index is 1080. The van der Waals surface area contributed by atoms with Gasteiger partial charge in [-0.25, -0.2) is 0 Å². The van der Waals surface area contributed by atoms with Crippen molar-refractivity contribution in [3.05, 3.63) is 76.3 Å². The topological polar surface area (TPSA) is 46.3 Å². The van der Waals surface area contributed by atoms with E-state index in [0.717, 1.165) is 22.5 Å². The molecule has 1 aromatic heterocycles. The van der Waals surface area contributed by atoms with Crippen LogP contribution >= 0.6 is 22.9 Å². The van der Waals surface area contributed by atoms with Crippen molar-refractivity contribution >= 4 is 33.7 Å². The molecule has 2 saturated carbocycles. The standard InChI is InChI=1S/C28H31ClN2OS/c29-21-16-14-19(15-17-21)26(32)25-24(27(33-28(25)30)20-8-2-1-3-9-20)18-31(22-10-4-5-11-22)23-12-6-7-13-23/h1-3,8-9,14-17,22-23H,4-7,10-13,18,30H2. The molecule has 0 unspecified atom stereocenters. The molecule has 0 amide bonds. The zero-order valence-corrected chi connectivity index (χ0v) is 20.5. The monoisotopic (exact) mass is 478 g/mol. The van der Waals surface area contributed by atoms with Crippen molar-refractivity contribution in [2.45, 2.75) is 70.0 Å². The number of ketones is 1. The Morgan fingerprint density at radius 2 is 1.48 bits per heavy atom. The number of anilines is 1. The van der Waals surface area contributed by atoms with Gasteiger partial charge in [0.1, 0.15) is 0 Å². The molecule has 0 radical (unpaired) electrons. The summed E-state index contributed by atoms with van der Waals surface area (Å²) in [6.07, 6.45) is 10.3. The number of carbonyl (C=O) groups excluding carboxylic acids is 1. The van der Waals surface area contributed by atoms with Crippen LogP contribution in [0.4, 0.5) is 5.00 Å². The van der Waals surface area contributed by atoms with Crippen LogP contribution < -0.4 is 5.73 Å². The Balaban J connectivity index is 1.59. The summed E-state index contributed by atoms with van der Waals surface area (Å²) in [5, 5.41) is 1.24. The molecule has 5 rings (SSSR count). The lowest BCUT2D eigenvalue weighted by molar-refractivity contribution is 0.103. The van der Waals surface area contributed by atoms with E-state index in [1.807, 2.05) is 6.07 Å². The first kappa shape index (κ1) is 22.6. The van der Waals surface area contributed by atoms with E-state index in [-0.39, 0.29) is 5.78 Å². The van der Waals surface area contributed by atoms with Crippen LogP contribution in [0.5, 0.6) is 0 Å². The first-order chi connectivity index (χ1) is 16.1. The predicted octanol–water partition coefficient (Wildman–Crippen LogP) is 7.57. The van der Waals surface area contributed by atoms with Gasteiger partial charge < -0.3 is 5.73 Å². The molecule has 5 heteroatoms. The summed E-state index contributed by atoms with van der Waals surface area (Å²) in [5.41, 5.74) is 10.1. The van der Waals surface area contributed by atoms with Crippen LogP contribution in [0.15, 0.2) is 54.6 Å². The van der Waals surface area contributed by atoms with Gasteiger partial charge in [0.2, 0.25) is 0 Å². The lowest BCUT2D eigenvalue weighted by atomic mass is 9.96. The van der Waals surface area contributed by atoms with E-state index in [2.05, 4.69) is 29.2 Å². The number of hydrogen-bond donors (Lipinski definition) is 1. The van der Waals surface area contributed by atoms with E-state index < -0.39 is 0 Å². The van der Waals surface area contributed by atoms with Crippen LogP contribution in [0.3, 0.4) is 0 Å². The maximum Gasteiger partial charge on any atom is 0.196 e. The molecule has 3 nitrogen and oxygen atoms in total. The quantitative estimate of drug-likeness (QED) is 0.356. The Morgan fingerprint density at radius 3 is 2.06 bits per heavy atom. The van der Waals surface area contributed by atoms with Crippen molar-refractivity contribution in [2.24, 2.45) is 0 Å². The largest absolute Gasteiger partial charge is 0.390 e. The molecular weight excluding hydrogens is 448 g/mol. The zero-order valence-electron chi connectivity index (χ0n) is 18.9. The van der Waals surface area contributed by atoms with Crippen molar-refractivity contribution in [3.8, 4) is 10.4 Å². The van der Waals surface area contributed by atoms with Crippen LogP contribution in [0.25, 0.3) is 10.4 Å². The van der Waals surface area contributed by atoms with Crippen molar-refractivity contribution in [2.75, 3.05) is 5.73 Å². The van der Waals surface area contributed by atoms with Gasteiger partial charge in [-0.15, -0.1) is 11.3 Å². The van der Waals surface area contributed by atoms with E-state index >= 15 is 0 Å². The van der Waals surface area contributed by atoms with E-state index in [1.54, 1.807) is 35.6 Å². The van der Waals surface area contributed by atoms with Crippen LogP contribution in [0, 0.1) is 0 Å². The summed E-state index contributed by atoms with van der Waals surface area (Å²) < 4.78 is 0. The first-order valence-corrected chi connectivity index (χ1v) is 13.3. The Hall–Kier alpha value is -2.14. The van der Waals surface area contributed by atoms with Gasteiger partial charge in [-0.1, -0.05) is 67.6 Å². The van der Waals surface area contributed by atoms with Gasteiger partial charge in [0.15, 0.2) is 5.78 Å². The highest BCUT2D eigenvalue weighted by atomic mass is 35.5. The molecule has 2 aliphatic carbocycles. The second-order valence-electron chi connectivity index (χ2n) is 9.40. The van der Waals surface area contributed by atoms with Gasteiger partial charge in [0, 0.05) is 34.1 Å². The Morgan fingerprint density at radius 1 is 0.909 bits per heavy atom. The number of halogens is 1. The SMILES string of the molecule is Nc1sc(-c2ccccc2)c(CN(C2CCCC2)C2CCCC2)c1C(=O)c1ccc(Cl)cc1. The molecule has 0 atom stereocenters. The van der Waals surface area contributed by atoms with Gasteiger partial charge in [-0.3, -0.25) is 9.69 Å². The molecule has 3 aromatic rings. The van der Waals surface area contributed by atoms with Gasteiger partial charge in [0.25, 0.3) is 0 Å². The molecule has 172 valence electrons. The molecular formula is C28H31ClN2OS. The summed E-state index contributed by atoms with van der Waals surface area (Å²) in [6, 6.07) is 18.8. The third kappa shape index (κ3) is 4.75. The number of carbonyl (C=O) groups is 1. The third-order valence-electron chi connectivity index (χ3n) is 7.33. The van der Waals surface area contributed by atoms with Crippen LogP contribution in [-0.2, 0) is 6.54 Å². The van der Waals surface area contributed by atoms with Gasteiger partial charge in [0.05, 0.1) is 10.6 Å². The average molecular weight is 479 g/mol. The van der Waals surface area contributed by atoms with E-state index in [4.69, 9.17) is 17.3 Å². The minimum absolute atomic E-state index is 0.00427. The molecule has 2 N–H and O–H groups in total. The van der Waals surface area contributed by atoms with E-state index in [1.165, 1.54) is 51.4 Å². The molecule has 2 aliphatic rings. The highest BCUT2D eigenvalue weighted by molar-refractivity contribution is 7.20. The summed E-state index contributed by atoms with van der Waals surface area (Å²) in [4.78, 5) is 17.6. The number of nitrogens with zero attached hydrogens (tertiary/aromatic N) is 1. The first-order valence-electron chi connectivity index (χ1n) is 12.1. The molecule has 0 aliphatic heterocycles. The number of rotatable bonds is 7. The summed E-state index contributed by atoms with van der Waals surface area (Å²) in [6.45, 7) is 0.794. The third-order valence-corrected chi connectivity index (χ3v) is 8.69. The predicted molar refractivity (Wildman–Crippen MR) is 139 cm³/mol. The maximum absolute atomic E-state index is 13.7. The molecule has 2 aromatic carbocycles. The fourth-order valence-electron chi connectivity index (χ4n) is 5.66. The van der Waals surface area contributed by atoms with Crippen molar-refractivity contribution in [3.63, 3.8) is 0 Å². The highest BCUT2D eigenvalue weighted by Gasteiger charge is 2.33. The number of hydrogen-bond acceptors (Lipinski definition) is 4. The van der Waals surface area contributed by atoms with Gasteiger partial charge in [-0.05, 0) is 61.1 Å². The smallest absolute Gasteiger partial charge is 0.196 e. The normalized spacial score (nSPS) is 17.3. The number of nitrogens with two attached hydrogens (primary N) is 1. The van der Waals surface area contributed by atoms with Crippen molar-refractivity contribution < 1.29 is 4.79 Å². The molecule has 0 spiro atoms. The fourth-order valence-corrected chi connectivity index (χ4v) is 6.87. The Labute approximate surface area is 205 Å². The number of benzene rings is 2. The molecule has 0 saturated heterocycles. The fraction of sp³-hybridized carbons (Fsp3) is 0.393. The molecule has 2 fully saturated rings. The van der Waals surface area contributed by atoms with E-state index in [9.17, 15) is 4.79 Å². The number of thiophene rings is 1. The van der Waals surface area contributed by atoms with Gasteiger partial charge >= 0.3 is 0 Å². The number of nitrogen functional groups attached to an aromatic ring is 1. The molecule has 33 heavy (non-hydrogen) atoms. The van der Waals surface area contributed by atoms with Gasteiger partial charge in [-0.2, -0.15) is 0 Å². The summed E-state index contributed by atoms with van der Waals surface area (Å²) in [5.74, 6) is -0.00427. The maximum atomic E-state index is 13.7. The lowest BCUT2D eigenvalue weighted by Gasteiger charge is -2.35. The van der Waals surface area contributed by atoms with Crippen LogP contribution in [0.1, 0.15) is 72.9 Å². The zero-order chi connectivity index (χ0) is 22.8. The Kier molecular flexibility index (Phi) is 6.86. The van der Waals surface area contributed by atoms with Crippen LogP contribution in [0.2, 0.25) is 5.02 Å². The minimum Gasteiger partial charge on any atom is -0.390 e. The average Bonchev–Trinajstić information content (AvgIpc) is 3.60. The summed E-state index contributed by atoms with van der Waals surface area (Å²) >= 11 is 7.63. The second kappa shape index (κ2) is 10.0. The molecule has 1 heterocycles. The second-order valence-corrected chi connectivity index (χ2v) is 10.9. The van der Waals surface area contributed by atoms with Crippen LogP contribution in [-0.4, -0.2) is 22.8 Å². The minimum atomic E-state index is -0.00427. The van der Waals surface area contributed by atoms with Crippen molar-refractivity contribution in [1.29, 1.82) is 0 Å². The highest BCUT2D eigenvalue weighted by Crippen LogP contribution is 2.42. The van der Waals surface area contributed by atoms with Crippen molar-refractivity contribution in [1.82, 2.24) is 4.90 Å². The molecule has 0 bridgehead atoms. The summed E-state index contributed by atoms with van der Waals surface area (Å²) in [7, 11) is 0.